The van der Waals surface area contributed by atoms with Crippen LogP contribution in [0, 0.1) is 59.2 Å². The molecular weight excluding hydrogens is 1210 g/mol. The van der Waals surface area contributed by atoms with E-state index < -0.39 is 59.9 Å². The summed E-state index contributed by atoms with van der Waals surface area (Å²) >= 11 is 0. The summed E-state index contributed by atoms with van der Waals surface area (Å²) in [5.74, 6) is 15.9. The second kappa shape index (κ2) is 25.8. The molecule has 6 aliphatic heterocycles. The fourth-order valence-electron chi connectivity index (χ4n) is 19.2. The SMILES string of the molecule is CCC1=CC2=C(C#C[C@H]3C#C[C@@H]4Cc5cccc(c5)[C@]5(CCCC[C@@H]5O)[C@H]2[C@@H]2CC[C@]5(Cc6cc(O)cc(OCO)c6-c6ccc7c(c65)O[C@H](c5c6c(c(O)c(c53)CNC[C@@H](CO)[C@@H]4COC)O[C@@H]3CSSC[C@H]4CCC[C@H](C4)N[C@H]3C=C6)[C@H]7COC(C)=O)C2)NC1N. The summed E-state index contributed by atoms with van der Waals surface area (Å²) in [5, 5.41) is 72.9. The summed E-state index contributed by atoms with van der Waals surface area (Å²) in [6.07, 6.45) is 15.5. The number of aliphatic hydroxyl groups excluding tert-OH is 3. The van der Waals surface area contributed by atoms with Gasteiger partial charge in [0.2, 0.25) is 0 Å². The van der Waals surface area contributed by atoms with Crippen molar-refractivity contribution in [2.45, 2.75) is 170 Å². The van der Waals surface area contributed by atoms with Crippen LogP contribution in [0.2, 0.25) is 0 Å². The molecule has 4 fully saturated rings. The van der Waals surface area contributed by atoms with Gasteiger partial charge >= 0.3 is 5.97 Å². The Balaban J connectivity index is 1.09. The van der Waals surface area contributed by atoms with Crippen LogP contribution in [0.3, 0.4) is 0 Å². The number of rotatable bonds is 8. The highest BCUT2D eigenvalue weighted by molar-refractivity contribution is 8.76. The number of aromatic hydroxyl groups is 2. The third-order valence-electron chi connectivity index (χ3n) is 23.3. The van der Waals surface area contributed by atoms with Gasteiger partial charge in [0.1, 0.15) is 42.0 Å². The number of dihydropyridines is 1. The minimum Gasteiger partial charge on any atom is -0.508 e. The first-order chi connectivity index (χ1) is 45.3. The number of aliphatic hydroxyl groups is 3. The lowest BCUT2D eigenvalue weighted by Crippen LogP contribution is -2.53. The Bertz CT molecular complexity index is 3850. The van der Waals surface area contributed by atoms with Crippen molar-refractivity contribution in [3.8, 4) is 63.6 Å². The van der Waals surface area contributed by atoms with Crippen molar-refractivity contribution in [1.29, 1.82) is 0 Å². The smallest absolute Gasteiger partial charge is 0.302 e. The van der Waals surface area contributed by atoms with Crippen LogP contribution < -0.4 is 35.9 Å². The maximum atomic E-state index is 13.7. The van der Waals surface area contributed by atoms with Crippen LogP contribution in [0.5, 0.6) is 28.7 Å². The van der Waals surface area contributed by atoms with Crippen molar-refractivity contribution < 1.29 is 54.0 Å². The van der Waals surface area contributed by atoms with Gasteiger partial charge in [-0.3, -0.25) is 4.79 Å². The molecule has 1 unspecified atom stereocenters. The molecule has 6 heterocycles. The maximum absolute atomic E-state index is 13.7. The Morgan fingerprint density at radius 2 is 1.83 bits per heavy atom. The van der Waals surface area contributed by atoms with Crippen molar-refractivity contribution in [2.24, 2.45) is 41.2 Å². The van der Waals surface area contributed by atoms with Crippen molar-refractivity contribution >= 4 is 33.6 Å². The Morgan fingerprint density at radius 3 is 2.66 bits per heavy atom. The third-order valence-corrected chi connectivity index (χ3v) is 25.9. The molecule has 1 saturated heterocycles. The Morgan fingerprint density at radius 1 is 0.946 bits per heavy atom. The highest BCUT2D eigenvalue weighted by atomic mass is 33.1. The molecule has 17 heteroatoms. The molecule has 11 aliphatic rings. The van der Waals surface area contributed by atoms with Gasteiger partial charge < -0.3 is 70.9 Å². The summed E-state index contributed by atoms with van der Waals surface area (Å²) in [6.45, 7) is 3.58. The quantitative estimate of drug-likeness (QED) is 0.0346. The zero-order valence-corrected chi connectivity index (χ0v) is 55.2. The largest absolute Gasteiger partial charge is 0.508 e. The number of ether oxygens (including phenoxy) is 5. The van der Waals surface area contributed by atoms with Crippen LogP contribution in [0.25, 0.3) is 17.2 Å². The van der Waals surface area contributed by atoms with Crippen LogP contribution >= 0.6 is 21.6 Å². The number of phenols is 2. The van der Waals surface area contributed by atoms with E-state index >= 15 is 0 Å². The molecule has 4 aromatic rings. The fourth-order valence-corrected chi connectivity index (χ4v) is 21.9. The number of nitrogens with two attached hydrogens (primary N) is 1. The standard InChI is InChI=1S/C76H88N4O11S2/c1-4-44-29-56-60(80-74(44)77)20-16-45-14-15-46-25-42-9-7-11-50(26-42)76(23-6-5-13-64(76)85)68(56)47-22-24-75(31-47)32-48-28-52(84)30-62(89-40-82)65(48)54-18-17-53-59(37-88-41(2)83)71(91-72(53)69(54)75)67-55-19-21-61-63(39-93-92-38-43-10-8-12-51(27-43)79-61)90-73(55)70(86)57(66(45)67)34-78-33-49(35-81)58(46)36-87-3/h7,9,11,17-19,21,26,28-30,43,45-47,49,51,58-59,61,63-64,68,71,74,78-82,84-86H,4-6,8,10,12-13,22-25,27,31-40,77H2,1-3H3/t43-,45+,46+,47+,49-,51+,58+,59-,61-,63+,64-,68-,71-,74?,75+,76-/m0/s1. The Hall–Kier alpha value is -6.09. The van der Waals surface area contributed by atoms with Gasteiger partial charge in [-0.05, 0) is 133 Å². The number of benzene rings is 4. The van der Waals surface area contributed by atoms with Crippen molar-refractivity contribution in [3.63, 3.8) is 0 Å². The molecule has 0 aromatic heterocycles. The lowest BCUT2D eigenvalue weighted by Gasteiger charge is -2.52. The molecule has 0 radical (unpaired) electrons. The molecule has 3 saturated carbocycles. The number of esters is 1. The van der Waals surface area contributed by atoms with Gasteiger partial charge in [-0.1, -0.05) is 120 Å². The maximum Gasteiger partial charge on any atom is 0.302 e. The summed E-state index contributed by atoms with van der Waals surface area (Å²) < 4.78 is 34.2. The number of nitrogens with one attached hydrogen (secondary N) is 3. The van der Waals surface area contributed by atoms with Crippen LogP contribution in [-0.2, 0) is 44.5 Å². The number of hydrogen-bond acceptors (Lipinski definition) is 17. The van der Waals surface area contributed by atoms with E-state index in [1.54, 1.807) is 13.2 Å². The lowest BCUT2D eigenvalue weighted by atomic mass is 9.53. The van der Waals surface area contributed by atoms with Gasteiger partial charge in [-0.25, -0.2) is 0 Å². The molecule has 10 N–H and O–H groups in total. The van der Waals surface area contributed by atoms with Gasteiger partial charge in [0.15, 0.2) is 18.3 Å². The zero-order chi connectivity index (χ0) is 63.9. The molecule has 490 valence electrons. The number of fused-ring (bicyclic) bond motifs is 16. The van der Waals surface area contributed by atoms with Gasteiger partial charge in [-0.15, -0.1) is 0 Å². The van der Waals surface area contributed by atoms with Crippen LogP contribution in [0.15, 0.2) is 77.5 Å². The van der Waals surface area contributed by atoms with Crippen LogP contribution in [-0.4, -0.2) is 114 Å². The molecule has 5 aliphatic carbocycles. The van der Waals surface area contributed by atoms with Crippen LogP contribution in [0.1, 0.15) is 159 Å². The number of methoxy groups -OCH3 is 1. The van der Waals surface area contributed by atoms with Gasteiger partial charge in [-0.2, -0.15) is 0 Å². The Kier molecular flexibility index (Phi) is 17.5. The van der Waals surface area contributed by atoms with Gasteiger partial charge in [0, 0.05) is 125 Å². The monoisotopic (exact) mass is 1300 g/mol. The summed E-state index contributed by atoms with van der Waals surface area (Å²) in [4.78, 5) is 13.5. The van der Waals surface area contributed by atoms with E-state index in [0.29, 0.717) is 109 Å². The third kappa shape index (κ3) is 11.1. The summed E-state index contributed by atoms with van der Waals surface area (Å²) in [6, 6.07) is 16.7. The Labute approximate surface area is 554 Å². The topological polar surface area (TPSA) is 226 Å². The second-order valence-electron chi connectivity index (χ2n) is 28.5. The van der Waals surface area contributed by atoms with E-state index in [2.05, 4.69) is 101 Å². The minimum absolute atomic E-state index is 0.0324. The van der Waals surface area contributed by atoms with E-state index in [9.17, 15) is 30.3 Å². The normalized spacial score (nSPS) is 33.6. The second-order valence-corrected chi connectivity index (χ2v) is 31.0. The van der Waals surface area contributed by atoms with E-state index in [4.69, 9.17) is 29.4 Å². The summed E-state index contributed by atoms with van der Waals surface area (Å²) in [5.41, 5.74) is 17.6. The molecule has 2 spiro atoms. The van der Waals surface area contributed by atoms with E-state index in [0.717, 1.165) is 101 Å². The number of phenolic OH excluding ortho intramolecular Hbond substituents is 2. The first-order valence-electron chi connectivity index (χ1n) is 34.2. The number of carbonyl (C=O) groups is 1. The molecule has 0 amide bonds. The summed E-state index contributed by atoms with van der Waals surface area (Å²) in [7, 11) is 5.43. The highest BCUT2D eigenvalue weighted by Crippen LogP contribution is 2.66. The van der Waals surface area contributed by atoms with Crippen LogP contribution in [0.4, 0.5) is 0 Å². The zero-order valence-electron chi connectivity index (χ0n) is 53.6. The molecule has 11 bridgehead atoms. The molecule has 15 nitrogen and oxygen atoms in total. The van der Waals surface area contributed by atoms with Crippen molar-refractivity contribution in [2.75, 3.05) is 51.8 Å². The predicted octanol–water partition coefficient (Wildman–Crippen LogP) is 10.4. The number of allylic oxidation sites excluding steroid dienone is 3. The molecular formula is C76H88N4O11S2. The van der Waals surface area contributed by atoms with E-state index in [-0.39, 0.29) is 72.9 Å². The van der Waals surface area contributed by atoms with Crippen molar-refractivity contribution in [1.82, 2.24) is 16.0 Å². The number of hydrogen-bond donors (Lipinski definition) is 9. The fraction of sp³-hybridized carbons (Fsp3) is 0.539. The van der Waals surface area contributed by atoms with Crippen molar-refractivity contribution in [3.05, 3.63) is 128 Å². The minimum atomic E-state index is -0.933. The molecule has 16 atom stereocenters. The lowest BCUT2D eigenvalue weighted by molar-refractivity contribution is -0.141. The van der Waals surface area contributed by atoms with E-state index in [1.165, 1.54) is 13.3 Å². The molecule has 15 rings (SSSR count). The number of carbonyl (C=O) groups excluding carboxylic acids is 1. The van der Waals surface area contributed by atoms with Gasteiger partial charge in [0.05, 0.1) is 36.5 Å². The molecule has 93 heavy (non-hydrogen) atoms. The first kappa shape index (κ1) is 63.0. The highest BCUT2D eigenvalue weighted by Gasteiger charge is 2.59. The molecule has 4 aromatic carbocycles. The van der Waals surface area contributed by atoms with E-state index in [1.807, 2.05) is 27.7 Å². The average molecular weight is 1300 g/mol. The predicted molar refractivity (Wildman–Crippen MR) is 362 cm³/mol. The van der Waals surface area contributed by atoms with Gasteiger partial charge in [0.25, 0.3) is 0 Å². The first-order valence-corrected chi connectivity index (χ1v) is 36.7. The average Bonchev–Trinajstić information content (AvgIpc) is 1.61.